The topological polar surface area (TPSA) is 39.2 Å². The standard InChI is InChI=1S/C17H25NO2/c1-5-16(19)15-7-6-13(11-18-15)20-14-8-12(2)9-17(3,4)10-14/h6-7,11-12,14H,5,8-10H2,1-4H3. The molecule has 0 amide bonds. The van der Waals surface area contributed by atoms with Crippen molar-refractivity contribution in [3.8, 4) is 5.75 Å². The summed E-state index contributed by atoms with van der Waals surface area (Å²) in [6.45, 7) is 8.75. The Labute approximate surface area is 121 Å². The first kappa shape index (κ1) is 15.0. The number of aromatic nitrogens is 1. The minimum Gasteiger partial charge on any atom is -0.489 e. The molecule has 0 aromatic carbocycles. The molecule has 0 aliphatic heterocycles. The quantitative estimate of drug-likeness (QED) is 0.770. The largest absolute Gasteiger partial charge is 0.489 e. The van der Waals surface area contributed by atoms with E-state index in [0.717, 1.165) is 18.6 Å². The average Bonchev–Trinajstić information content (AvgIpc) is 2.36. The van der Waals surface area contributed by atoms with Crippen molar-refractivity contribution in [3.63, 3.8) is 0 Å². The smallest absolute Gasteiger partial charge is 0.180 e. The summed E-state index contributed by atoms with van der Waals surface area (Å²) in [5.41, 5.74) is 0.866. The molecule has 1 aliphatic rings. The highest BCUT2D eigenvalue weighted by molar-refractivity contribution is 5.93. The number of rotatable bonds is 4. The molecule has 1 aliphatic carbocycles. The molecule has 2 unspecified atom stereocenters. The van der Waals surface area contributed by atoms with Gasteiger partial charge in [-0.05, 0) is 42.7 Å². The lowest BCUT2D eigenvalue weighted by Gasteiger charge is -2.38. The summed E-state index contributed by atoms with van der Waals surface area (Å²) in [5.74, 6) is 1.54. The van der Waals surface area contributed by atoms with Crippen molar-refractivity contribution in [1.82, 2.24) is 4.98 Å². The number of ketones is 1. The summed E-state index contributed by atoms with van der Waals surface area (Å²) >= 11 is 0. The van der Waals surface area contributed by atoms with Gasteiger partial charge in [-0.1, -0.05) is 27.7 Å². The van der Waals surface area contributed by atoms with Gasteiger partial charge in [-0.3, -0.25) is 4.79 Å². The second-order valence-corrected chi connectivity index (χ2v) is 6.81. The Morgan fingerprint density at radius 3 is 2.70 bits per heavy atom. The number of pyridine rings is 1. The molecule has 2 atom stereocenters. The summed E-state index contributed by atoms with van der Waals surface area (Å²) in [4.78, 5) is 15.7. The molecule has 3 heteroatoms. The fraction of sp³-hybridized carbons (Fsp3) is 0.647. The second-order valence-electron chi connectivity index (χ2n) is 6.81. The van der Waals surface area contributed by atoms with E-state index in [9.17, 15) is 4.79 Å². The fourth-order valence-electron chi connectivity index (χ4n) is 3.34. The normalized spacial score (nSPS) is 25.2. The first-order valence-electron chi connectivity index (χ1n) is 7.55. The van der Waals surface area contributed by atoms with E-state index in [0.29, 0.717) is 23.4 Å². The number of hydrogen-bond acceptors (Lipinski definition) is 3. The van der Waals surface area contributed by atoms with Crippen LogP contribution in [0.2, 0.25) is 0 Å². The van der Waals surface area contributed by atoms with E-state index in [-0.39, 0.29) is 11.9 Å². The van der Waals surface area contributed by atoms with E-state index in [2.05, 4.69) is 25.8 Å². The van der Waals surface area contributed by atoms with E-state index in [1.807, 2.05) is 13.0 Å². The van der Waals surface area contributed by atoms with Gasteiger partial charge in [0.1, 0.15) is 11.4 Å². The third-order valence-corrected chi connectivity index (χ3v) is 3.99. The number of carbonyl (C=O) groups is 1. The van der Waals surface area contributed by atoms with E-state index < -0.39 is 0 Å². The van der Waals surface area contributed by atoms with Gasteiger partial charge in [0.2, 0.25) is 0 Å². The third-order valence-electron chi connectivity index (χ3n) is 3.99. The van der Waals surface area contributed by atoms with Gasteiger partial charge in [-0.15, -0.1) is 0 Å². The van der Waals surface area contributed by atoms with Crippen LogP contribution in [-0.4, -0.2) is 16.9 Å². The van der Waals surface area contributed by atoms with Gasteiger partial charge in [-0.25, -0.2) is 4.98 Å². The van der Waals surface area contributed by atoms with E-state index >= 15 is 0 Å². The molecule has 20 heavy (non-hydrogen) atoms. The van der Waals surface area contributed by atoms with Crippen LogP contribution in [0.1, 0.15) is 63.9 Å². The molecule has 0 radical (unpaired) electrons. The fourth-order valence-corrected chi connectivity index (χ4v) is 3.34. The Kier molecular flexibility index (Phi) is 4.46. The van der Waals surface area contributed by atoms with Gasteiger partial charge in [0.25, 0.3) is 0 Å². The Morgan fingerprint density at radius 1 is 1.40 bits per heavy atom. The number of carbonyl (C=O) groups excluding carboxylic acids is 1. The zero-order valence-electron chi connectivity index (χ0n) is 13.0. The third kappa shape index (κ3) is 3.81. The zero-order valence-corrected chi connectivity index (χ0v) is 13.0. The molecule has 1 aromatic rings. The molecular formula is C17H25NO2. The molecule has 0 spiro atoms. The Bertz CT molecular complexity index is 464. The molecule has 2 rings (SSSR count). The van der Waals surface area contributed by atoms with Gasteiger partial charge in [0, 0.05) is 6.42 Å². The van der Waals surface area contributed by atoms with Gasteiger partial charge in [0.05, 0.1) is 12.3 Å². The van der Waals surface area contributed by atoms with Crippen molar-refractivity contribution in [3.05, 3.63) is 24.0 Å². The van der Waals surface area contributed by atoms with Crippen molar-refractivity contribution >= 4 is 5.78 Å². The highest BCUT2D eigenvalue weighted by Crippen LogP contribution is 2.39. The molecular weight excluding hydrogens is 250 g/mol. The second kappa shape index (κ2) is 5.94. The van der Waals surface area contributed by atoms with Gasteiger partial charge >= 0.3 is 0 Å². The summed E-state index contributed by atoms with van der Waals surface area (Å²) < 4.78 is 6.06. The SMILES string of the molecule is CCC(=O)c1ccc(OC2CC(C)CC(C)(C)C2)cn1. The molecule has 0 bridgehead atoms. The number of nitrogens with zero attached hydrogens (tertiary/aromatic N) is 1. The van der Waals surface area contributed by atoms with Crippen LogP contribution in [0.3, 0.4) is 0 Å². The van der Waals surface area contributed by atoms with Crippen LogP contribution >= 0.6 is 0 Å². The van der Waals surface area contributed by atoms with Crippen molar-refractivity contribution in [2.24, 2.45) is 11.3 Å². The minimum atomic E-state index is 0.0731. The minimum absolute atomic E-state index is 0.0731. The van der Waals surface area contributed by atoms with E-state index in [4.69, 9.17) is 4.74 Å². The summed E-state index contributed by atoms with van der Waals surface area (Å²) in [7, 11) is 0. The lowest BCUT2D eigenvalue weighted by Crippen LogP contribution is -2.34. The van der Waals surface area contributed by atoms with Crippen LogP contribution in [0.15, 0.2) is 18.3 Å². The van der Waals surface area contributed by atoms with Gasteiger partial charge < -0.3 is 4.74 Å². The summed E-state index contributed by atoms with van der Waals surface area (Å²) in [6, 6.07) is 3.63. The van der Waals surface area contributed by atoms with Gasteiger partial charge in [-0.2, -0.15) is 0 Å². The first-order valence-corrected chi connectivity index (χ1v) is 7.55. The number of hydrogen-bond donors (Lipinski definition) is 0. The van der Waals surface area contributed by atoms with Crippen LogP contribution < -0.4 is 4.74 Å². The van der Waals surface area contributed by atoms with Crippen LogP contribution in [-0.2, 0) is 0 Å². The van der Waals surface area contributed by atoms with E-state index in [1.54, 1.807) is 12.3 Å². The maximum Gasteiger partial charge on any atom is 0.180 e. The van der Waals surface area contributed by atoms with Crippen LogP contribution in [0, 0.1) is 11.3 Å². The number of ether oxygens (including phenoxy) is 1. The maximum absolute atomic E-state index is 11.5. The molecule has 3 nitrogen and oxygen atoms in total. The monoisotopic (exact) mass is 275 g/mol. The van der Waals surface area contributed by atoms with Crippen LogP contribution in [0.25, 0.3) is 0 Å². The van der Waals surface area contributed by atoms with Gasteiger partial charge in [0.15, 0.2) is 5.78 Å². The Hall–Kier alpha value is -1.38. The molecule has 1 heterocycles. The Balaban J connectivity index is 2.01. The average molecular weight is 275 g/mol. The lowest BCUT2D eigenvalue weighted by molar-refractivity contribution is 0.0560. The molecule has 1 saturated carbocycles. The molecule has 1 aromatic heterocycles. The predicted molar refractivity (Wildman–Crippen MR) is 80.1 cm³/mol. The first-order chi connectivity index (χ1) is 9.39. The maximum atomic E-state index is 11.5. The molecule has 0 saturated heterocycles. The van der Waals surface area contributed by atoms with Crippen LogP contribution in [0.5, 0.6) is 5.75 Å². The zero-order chi connectivity index (χ0) is 14.8. The van der Waals surface area contributed by atoms with Crippen molar-refractivity contribution in [1.29, 1.82) is 0 Å². The highest BCUT2D eigenvalue weighted by Gasteiger charge is 2.33. The van der Waals surface area contributed by atoms with Crippen molar-refractivity contribution in [2.45, 2.75) is 59.5 Å². The molecule has 1 fully saturated rings. The summed E-state index contributed by atoms with van der Waals surface area (Å²) in [6.07, 6.45) is 5.85. The van der Waals surface area contributed by atoms with Crippen molar-refractivity contribution < 1.29 is 9.53 Å². The lowest BCUT2D eigenvalue weighted by atomic mass is 9.71. The highest BCUT2D eigenvalue weighted by atomic mass is 16.5. The Morgan fingerprint density at radius 2 is 2.15 bits per heavy atom. The molecule has 110 valence electrons. The van der Waals surface area contributed by atoms with E-state index in [1.165, 1.54) is 6.42 Å². The number of Topliss-reactive ketones (excluding diaryl/α,β-unsaturated/α-hetero) is 1. The molecule has 0 N–H and O–H groups in total. The predicted octanol–water partition coefficient (Wildman–Crippen LogP) is 4.27. The van der Waals surface area contributed by atoms with Crippen molar-refractivity contribution in [2.75, 3.05) is 0 Å². The summed E-state index contributed by atoms with van der Waals surface area (Å²) in [5, 5.41) is 0. The van der Waals surface area contributed by atoms with Crippen LogP contribution in [0.4, 0.5) is 0 Å².